The van der Waals surface area contributed by atoms with Crippen LogP contribution in [0.2, 0.25) is 0 Å². The molecular formula is C28H28N4O4. The molecule has 2 atom stereocenters. The van der Waals surface area contributed by atoms with Crippen LogP contribution in [0.5, 0.6) is 11.5 Å². The van der Waals surface area contributed by atoms with Gasteiger partial charge in [-0.1, -0.05) is 12.1 Å². The van der Waals surface area contributed by atoms with Gasteiger partial charge in [0, 0.05) is 24.4 Å². The van der Waals surface area contributed by atoms with Gasteiger partial charge in [0.2, 0.25) is 0 Å². The number of furan rings is 1. The van der Waals surface area contributed by atoms with Crippen LogP contribution in [0.15, 0.2) is 59.1 Å². The van der Waals surface area contributed by atoms with E-state index in [0.29, 0.717) is 33.9 Å². The minimum atomic E-state index is -0.747. The topological polar surface area (TPSA) is 104 Å². The first kappa shape index (κ1) is 23.8. The Hall–Kier alpha value is -3.90. The highest BCUT2D eigenvalue weighted by Gasteiger charge is 2.20. The zero-order valence-corrected chi connectivity index (χ0v) is 20.5. The lowest BCUT2D eigenvalue weighted by Crippen LogP contribution is -2.20. The molecule has 1 aliphatic heterocycles. The van der Waals surface area contributed by atoms with E-state index >= 15 is 0 Å². The van der Waals surface area contributed by atoms with E-state index in [4.69, 9.17) is 13.9 Å². The van der Waals surface area contributed by atoms with E-state index in [1.54, 1.807) is 38.4 Å². The number of nitrogens with one attached hydrogen (secondary N) is 1. The first-order valence-corrected chi connectivity index (χ1v) is 11.8. The Kier molecular flexibility index (Phi) is 6.61. The summed E-state index contributed by atoms with van der Waals surface area (Å²) in [5.74, 6) is 1.77. The van der Waals surface area contributed by atoms with Gasteiger partial charge < -0.3 is 24.3 Å². The maximum absolute atomic E-state index is 10.4. The molecule has 5 rings (SSSR count). The number of aromatic nitrogens is 1. The molecule has 4 aromatic rings. The van der Waals surface area contributed by atoms with Crippen molar-refractivity contribution < 1.29 is 19.0 Å². The van der Waals surface area contributed by atoms with Gasteiger partial charge in [-0.3, -0.25) is 9.88 Å². The molecular weight excluding hydrogens is 456 g/mol. The SMILES string of the molecule is COc1cc(C(O)N(C)C)ccc1-c1cc2nccc(-c3ccc(OC4CCNC4)c(C#N)c3)c2o1. The van der Waals surface area contributed by atoms with E-state index in [2.05, 4.69) is 16.4 Å². The first-order chi connectivity index (χ1) is 17.5. The van der Waals surface area contributed by atoms with Gasteiger partial charge in [-0.05, 0) is 68.5 Å². The summed E-state index contributed by atoms with van der Waals surface area (Å²) in [6, 6.07) is 17.1. The molecule has 8 nitrogen and oxygen atoms in total. The summed E-state index contributed by atoms with van der Waals surface area (Å²) in [4.78, 5) is 6.20. The Morgan fingerprint density at radius 3 is 2.72 bits per heavy atom. The molecule has 2 unspecified atom stereocenters. The summed E-state index contributed by atoms with van der Waals surface area (Å²) in [5.41, 5.74) is 4.93. The lowest BCUT2D eigenvalue weighted by atomic mass is 10.0. The van der Waals surface area contributed by atoms with Crippen LogP contribution in [-0.4, -0.2) is 55.4 Å². The number of nitriles is 1. The van der Waals surface area contributed by atoms with Crippen LogP contribution in [0.1, 0.15) is 23.8 Å². The second-order valence-corrected chi connectivity index (χ2v) is 9.04. The van der Waals surface area contributed by atoms with Crippen molar-refractivity contribution in [2.45, 2.75) is 18.8 Å². The lowest BCUT2D eigenvalue weighted by molar-refractivity contribution is 0.0394. The maximum Gasteiger partial charge on any atom is 0.161 e. The third-order valence-electron chi connectivity index (χ3n) is 6.41. The van der Waals surface area contributed by atoms with E-state index in [1.165, 1.54) is 0 Å². The highest BCUT2D eigenvalue weighted by atomic mass is 16.5. The predicted molar refractivity (Wildman–Crippen MR) is 137 cm³/mol. The Morgan fingerprint density at radius 1 is 1.14 bits per heavy atom. The Bertz CT molecular complexity index is 1430. The summed E-state index contributed by atoms with van der Waals surface area (Å²) in [6.45, 7) is 1.70. The van der Waals surface area contributed by atoms with E-state index in [0.717, 1.165) is 41.8 Å². The van der Waals surface area contributed by atoms with Crippen LogP contribution in [0.4, 0.5) is 0 Å². The van der Waals surface area contributed by atoms with E-state index in [-0.39, 0.29) is 6.10 Å². The van der Waals surface area contributed by atoms with Crippen molar-refractivity contribution in [3.8, 4) is 40.0 Å². The Morgan fingerprint density at radius 2 is 2.00 bits per heavy atom. The predicted octanol–water partition coefficient (Wildman–Crippen LogP) is 4.34. The summed E-state index contributed by atoms with van der Waals surface area (Å²) < 4.78 is 18.0. The molecule has 1 fully saturated rings. The van der Waals surface area contributed by atoms with Crippen LogP contribution in [-0.2, 0) is 0 Å². The highest BCUT2D eigenvalue weighted by Crippen LogP contribution is 2.39. The second-order valence-electron chi connectivity index (χ2n) is 9.04. The molecule has 0 amide bonds. The summed E-state index contributed by atoms with van der Waals surface area (Å²) >= 11 is 0. The van der Waals surface area contributed by atoms with E-state index in [9.17, 15) is 10.4 Å². The van der Waals surface area contributed by atoms with Crippen molar-refractivity contribution in [1.82, 2.24) is 15.2 Å². The molecule has 1 saturated heterocycles. The van der Waals surface area contributed by atoms with Crippen molar-refractivity contribution >= 4 is 11.1 Å². The molecule has 1 aliphatic rings. The highest BCUT2D eigenvalue weighted by molar-refractivity contribution is 5.93. The number of pyridine rings is 1. The van der Waals surface area contributed by atoms with Gasteiger partial charge in [-0.25, -0.2) is 0 Å². The largest absolute Gasteiger partial charge is 0.496 e. The van der Waals surface area contributed by atoms with Gasteiger partial charge in [0.1, 0.15) is 41.2 Å². The molecule has 36 heavy (non-hydrogen) atoms. The molecule has 0 bridgehead atoms. The second kappa shape index (κ2) is 9.99. The van der Waals surface area contributed by atoms with Gasteiger partial charge >= 0.3 is 0 Å². The number of ether oxygens (including phenoxy) is 2. The molecule has 0 spiro atoms. The molecule has 0 radical (unpaired) electrons. The normalized spacial score (nSPS) is 16.3. The van der Waals surface area contributed by atoms with Crippen LogP contribution < -0.4 is 14.8 Å². The van der Waals surface area contributed by atoms with Crippen molar-refractivity contribution in [2.75, 3.05) is 34.3 Å². The monoisotopic (exact) mass is 484 g/mol. The number of hydrogen-bond acceptors (Lipinski definition) is 8. The number of benzene rings is 2. The minimum absolute atomic E-state index is 0.0726. The number of methoxy groups -OCH3 is 1. The van der Waals surface area contributed by atoms with Gasteiger partial charge in [0.15, 0.2) is 5.58 Å². The number of aliphatic hydroxyl groups is 1. The van der Waals surface area contributed by atoms with Crippen molar-refractivity contribution in [3.05, 3.63) is 65.9 Å². The van der Waals surface area contributed by atoms with Crippen LogP contribution >= 0.6 is 0 Å². The summed E-state index contributed by atoms with van der Waals surface area (Å²) in [6.07, 6.45) is 1.98. The smallest absolute Gasteiger partial charge is 0.161 e. The minimum Gasteiger partial charge on any atom is -0.496 e. The zero-order chi connectivity index (χ0) is 25.2. The third-order valence-corrected chi connectivity index (χ3v) is 6.41. The van der Waals surface area contributed by atoms with Crippen molar-refractivity contribution in [2.24, 2.45) is 0 Å². The fourth-order valence-electron chi connectivity index (χ4n) is 4.46. The van der Waals surface area contributed by atoms with E-state index < -0.39 is 6.23 Å². The number of fused-ring (bicyclic) bond motifs is 1. The van der Waals surface area contributed by atoms with Crippen LogP contribution in [0, 0.1) is 11.3 Å². The molecule has 2 aromatic heterocycles. The lowest BCUT2D eigenvalue weighted by Gasteiger charge is -2.19. The third kappa shape index (κ3) is 4.52. The van der Waals surface area contributed by atoms with Crippen molar-refractivity contribution in [3.63, 3.8) is 0 Å². The molecule has 8 heteroatoms. The quantitative estimate of drug-likeness (QED) is 0.374. The van der Waals surface area contributed by atoms with Gasteiger partial charge in [0.05, 0.1) is 18.2 Å². The van der Waals surface area contributed by atoms with Gasteiger partial charge in [-0.2, -0.15) is 5.26 Å². The van der Waals surface area contributed by atoms with Crippen LogP contribution in [0.25, 0.3) is 33.6 Å². The molecule has 2 N–H and O–H groups in total. The van der Waals surface area contributed by atoms with E-state index in [1.807, 2.05) is 42.5 Å². The first-order valence-electron chi connectivity index (χ1n) is 11.8. The fraction of sp³-hybridized carbons (Fsp3) is 0.286. The van der Waals surface area contributed by atoms with Crippen LogP contribution in [0.3, 0.4) is 0 Å². The summed E-state index contributed by atoms with van der Waals surface area (Å²) in [7, 11) is 5.20. The van der Waals surface area contributed by atoms with Crippen molar-refractivity contribution in [1.29, 1.82) is 5.26 Å². The number of aliphatic hydroxyl groups excluding tert-OH is 1. The van der Waals surface area contributed by atoms with Gasteiger partial charge in [0.25, 0.3) is 0 Å². The Labute approximate surface area is 209 Å². The average molecular weight is 485 g/mol. The Balaban J connectivity index is 1.52. The maximum atomic E-state index is 10.4. The zero-order valence-electron chi connectivity index (χ0n) is 20.5. The molecule has 0 saturated carbocycles. The fourth-order valence-corrected chi connectivity index (χ4v) is 4.46. The number of hydrogen-bond donors (Lipinski definition) is 2. The average Bonchev–Trinajstić information content (AvgIpc) is 3.57. The molecule has 2 aromatic carbocycles. The molecule has 3 heterocycles. The van der Waals surface area contributed by atoms with Gasteiger partial charge in [-0.15, -0.1) is 0 Å². The molecule has 184 valence electrons. The summed E-state index contributed by atoms with van der Waals surface area (Å²) in [5, 5.41) is 23.4. The number of rotatable bonds is 7. The number of nitrogens with zero attached hydrogens (tertiary/aromatic N) is 3. The molecule has 0 aliphatic carbocycles. The standard InChI is InChI=1S/C28H28N4O4/c1-32(2)28(33)18-4-6-22(25(13-18)34-3)26-14-23-27(36-26)21(9-11-31-23)17-5-7-24(19(12-17)15-29)35-20-8-10-30-16-20/h4-7,9,11-14,20,28,30,33H,8,10,16H2,1-3H3.